The lowest BCUT2D eigenvalue weighted by Crippen LogP contribution is -2.33. The lowest BCUT2D eigenvalue weighted by molar-refractivity contribution is 0.0621. The molecule has 7 nitrogen and oxygen atoms in total. The molecule has 3 aromatic rings. The number of imide groups is 1. The van der Waals surface area contributed by atoms with E-state index in [2.05, 4.69) is 26.0 Å². The van der Waals surface area contributed by atoms with Crippen molar-refractivity contribution in [1.29, 1.82) is 0 Å². The summed E-state index contributed by atoms with van der Waals surface area (Å²) in [5.41, 5.74) is 1.16. The molecule has 1 heterocycles. The molecule has 152 valence electrons. The van der Waals surface area contributed by atoms with E-state index in [9.17, 15) is 9.59 Å². The van der Waals surface area contributed by atoms with E-state index in [0.29, 0.717) is 27.1 Å². The first kappa shape index (κ1) is 21.2. The van der Waals surface area contributed by atoms with Crippen molar-refractivity contribution in [1.82, 2.24) is 9.99 Å². The normalized spacial score (nSPS) is 10.6. The van der Waals surface area contributed by atoms with Gasteiger partial charge in [-0.15, -0.1) is 0 Å². The first-order valence-corrected chi connectivity index (χ1v) is 9.63. The van der Waals surface area contributed by atoms with Crippen molar-refractivity contribution in [3.63, 3.8) is 0 Å². The summed E-state index contributed by atoms with van der Waals surface area (Å²) < 4.78 is 11.1. The number of methoxy groups -OCH3 is 2. The van der Waals surface area contributed by atoms with Crippen molar-refractivity contribution >= 4 is 34.0 Å². The van der Waals surface area contributed by atoms with Crippen molar-refractivity contribution in [3.05, 3.63) is 88.2 Å². The zero-order chi connectivity index (χ0) is 21.5. The fourth-order valence-corrected chi connectivity index (χ4v) is 3.07. The summed E-state index contributed by atoms with van der Waals surface area (Å²) in [6, 6.07) is 15.2. The molecular weight excluding hydrogens is 450 g/mol. The van der Waals surface area contributed by atoms with Gasteiger partial charge < -0.3 is 9.47 Å². The van der Waals surface area contributed by atoms with E-state index in [1.807, 2.05) is 0 Å². The largest absolute Gasteiger partial charge is 0.493 e. The number of benzene rings is 2. The number of nitrogens with zero attached hydrogens (tertiary/aromatic N) is 3. The molecule has 0 N–H and O–H groups in total. The molecule has 3 rings (SSSR count). The minimum absolute atomic E-state index is 0.238. The highest BCUT2D eigenvalue weighted by molar-refractivity contribution is 9.10. The fraction of sp³-hybridized carbons (Fsp3) is 0.0909. The van der Waals surface area contributed by atoms with Crippen LogP contribution in [0.25, 0.3) is 0 Å². The molecule has 0 aliphatic heterocycles. The molecule has 0 radical (unpaired) electrons. The SMILES string of the molecule is COc1ccc(/C=N/N(C(=O)c2cccnc2)C(=O)c2ccccc2Br)cc1OC. The minimum Gasteiger partial charge on any atom is -0.493 e. The number of hydrogen-bond acceptors (Lipinski definition) is 6. The van der Waals surface area contributed by atoms with Gasteiger partial charge in [-0.2, -0.15) is 10.1 Å². The van der Waals surface area contributed by atoms with E-state index >= 15 is 0 Å². The number of carbonyl (C=O) groups excluding carboxylic acids is 2. The summed E-state index contributed by atoms with van der Waals surface area (Å²) in [5, 5.41) is 5.00. The third-order valence-corrected chi connectivity index (χ3v) is 4.82. The molecule has 30 heavy (non-hydrogen) atoms. The third kappa shape index (κ3) is 4.72. The predicted molar refractivity (Wildman–Crippen MR) is 116 cm³/mol. The lowest BCUT2D eigenvalue weighted by Gasteiger charge is -2.16. The molecule has 2 amide bonds. The Morgan fingerprint density at radius 2 is 1.77 bits per heavy atom. The van der Waals surface area contributed by atoms with Gasteiger partial charge in [-0.05, 0) is 64.0 Å². The van der Waals surface area contributed by atoms with Crippen molar-refractivity contribution in [2.75, 3.05) is 14.2 Å². The number of halogens is 1. The standard InChI is InChI=1S/C22H18BrN3O4/c1-29-19-10-9-15(12-20(19)30-2)13-25-26(21(27)16-6-5-11-24-14-16)22(28)17-7-3-4-8-18(17)23/h3-14H,1-2H3/b25-13+. The second-order valence-corrected chi connectivity index (χ2v) is 6.86. The molecule has 0 aliphatic carbocycles. The number of aromatic nitrogens is 1. The monoisotopic (exact) mass is 467 g/mol. The van der Waals surface area contributed by atoms with Gasteiger partial charge in [0, 0.05) is 16.9 Å². The van der Waals surface area contributed by atoms with Gasteiger partial charge >= 0.3 is 0 Å². The molecule has 0 fully saturated rings. The predicted octanol–water partition coefficient (Wildman–Crippen LogP) is 4.18. The van der Waals surface area contributed by atoms with E-state index in [1.165, 1.54) is 26.6 Å². The molecule has 8 heteroatoms. The summed E-state index contributed by atoms with van der Waals surface area (Å²) in [6.45, 7) is 0. The maximum atomic E-state index is 13.1. The van der Waals surface area contributed by atoms with Crippen LogP contribution in [0.15, 0.2) is 76.6 Å². The van der Waals surface area contributed by atoms with E-state index in [0.717, 1.165) is 5.01 Å². The topological polar surface area (TPSA) is 81.1 Å². The second-order valence-electron chi connectivity index (χ2n) is 6.00. The third-order valence-electron chi connectivity index (χ3n) is 4.13. The summed E-state index contributed by atoms with van der Waals surface area (Å²) in [4.78, 5) is 30.1. The molecular formula is C22H18BrN3O4. The zero-order valence-corrected chi connectivity index (χ0v) is 17.9. The molecule has 0 aliphatic rings. The Morgan fingerprint density at radius 1 is 1.00 bits per heavy atom. The molecule has 2 aromatic carbocycles. The Labute approximate surface area is 182 Å². The van der Waals surface area contributed by atoms with Crippen LogP contribution >= 0.6 is 15.9 Å². The molecule has 0 saturated carbocycles. The Hall–Kier alpha value is -3.52. The van der Waals surface area contributed by atoms with Gasteiger partial charge in [-0.25, -0.2) is 0 Å². The number of hydrogen-bond donors (Lipinski definition) is 0. The number of hydrazone groups is 1. The van der Waals surface area contributed by atoms with Crippen LogP contribution in [-0.4, -0.2) is 42.2 Å². The van der Waals surface area contributed by atoms with Crippen LogP contribution in [0.4, 0.5) is 0 Å². The number of amides is 2. The summed E-state index contributed by atoms with van der Waals surface area (Å²) in [7, 11) is 3.06. The summed E-state index contributed by atoms with van der Waals surface area (Å²) in [5.74, 6) is -0.111. The highest BCUT2D eigenvalue weighted by Crippen LogP contribution is 2.27. The van der Waals surface area contributed by atoms with Crippen LogP contribution in [-0.2, 0) is 0 Å². The first-order valence-electron chi connectivity index (χ1n) is 8.84. The Bertz CT molecular complexity index is 1090. The van der Waals surface area contributed by atoms with E-state index < -0.39 is 11.8 Å². The number of ether oxygens (including phenoxy) is 2. The molecule has 1 aromatic heterocycles. The first-order chi connectivity index (χ1) is 14.5. The van der Waals surface area contributed by atoms with Gasteiger partial charge in [-0.3, -0.25) is 14.6 Å². The molecule has 0 bridgehead atoms. The Kier molecular flexibility index (Phi) is 6.92. The van der Waals surface area contributed by atoms with Gasteiger partial charge in [-0.1, -0.05) is 12.1 Å². The maximum absolute atomic E-state index is 13.1. The summed E-state index contributed by atoms with van der Waals surface area (Å²) in [6.07, 6.45) is 4.34. The minimum atomic E-state index is -0.597. The number of pyridine rings is 1. The molecule has 0 atom stereocenters. The molecule has 0 spiro atoms. The quantitative estimate of drug-likeness (QED) is 0.308. The van der Waals surface area contributed by atoms with E-state index in [-0.39, 0.29) is 5.56 Å². The molecule has 0 unspecified atom stereocenters. The van der Waals surface area contributed by atoms with Crippen molar-refractivity contribution in [3.8, 4) is 11.5 Å². The smallest absolute Gasteiger partial charge is 0.283 e. The van der Waals surface area contributed by atoms with Gasteiger partial charge in [0.25, 0.3) is 11.8 Å². The highest BCUT2D eigenvalue weighted by Gasteiger charge is 2.25. The van der Waals surface area contributed by atoms with E-state index in [1.54, 1.807) is 60.8 Å². The van der Waals surface area contributed by atoms with Crippen molar-refractivity contribution in [2.24, 2.45) is 5.10 Å². The van der Waals surface area contributed by atoms with Crippen LogP contribution in [0.3, 0.4) is 0 Å². The van der Waals surface area contributed by atoms with Gasteiger partial charge in [0.05, 0.1) is 31.6 Å². The number of rotatable bonds is 6. The average Bonchev–Trinajstić information content (AvgIpc) is 2.79. The average molecular weight is 468 g/mol. The van der Waals surface area contributed by atoms with Gasteiger partial charge in [0.15, 0.2) is 11.5 Å². The van der Waals surface area contributed by atoms with Gasteiger partial charge in [0.2, 0.25) is 0 Å². The second kappa shape index (κ2) is 9.80. The van der Waals surface area contributed by atoms with Crippen LogP contribution in [0.5, 0.6) is 11.5 Å². The maximum Gasteiger partial charge on any atom is 0.283 e. The molecule has 0 saturated heterocycles. The van der Waals surface area contributed by atoms with E-state index in [4.69, 9.17) is 9.47 Å². The Morgan fingerprint density at radius 3 is 2.43 bits per heavy atom. The van der Waals surface area contributed by atoms with Crippen molar-refractivity contribution < 1.29 is 19.1 Å². The zero-order valence-electron chi connectivity index (χ0n) is 16.3. The summed E-state index contributed by atoms with van der Waals surface area (Å²) >= 11 is 3.35. The number of carbonyl (C=O) groups is 2. The lowest BCUT2D eigenvalue weighted by atomic mass is 10.2. The highest BCUT2D eigenvalue weighted by atomic mass is 79.9. The van der Waals surface area contributed by atoms with Crippen molar-refractivity contribution in [2.45, 2.75) is 0 Å². The van der Waals surface area contributed by atoms with Crippen LogP contribution in [0, 0.1) is 0 Å². The van der Waals surface area contributed by atoms with Crippen LogP contribution in [0.1, 0.15) is 26.3 Å². The van der Waals surface area contributed by atoms with Crippen LogP contribution < -0.4 is 9.47 Å². The van der Waals surface area contributed by atoms with Crippen LogP contribution in [0.2, 0.25) is 0 Å². The van der Waals surface area contributed by atoms with Gasteiger partial charge in [0.1, 0.15) is 0 Å². The Balaban J connectivity index is 1.99. The fourth-order valence-electron chi connectivity index (χ4n) is 2.61.